The number of quaternary nitrogens is 2. The maximum Gasteiger partial charge on any atom is 0.243 e. The summed E-state index contributed by atoms with van der Waals surface area (Å²) in [6.07, 6.45) is 2.13. The molecule has 0 amide bonds. The second-order valence-electron chi connectivity index (χ2n) is 4.34. The molecule has 0 saturated heterocycles. The zero-order valence-corrected chi connectivity index (χ0v) is 9.40. The van der Waals surface area contributed by atoms with Gasteiger partial charge < -0.3 is 0 Å². The van der Waals surface area contributed by atoms with E-state index in [2.05, 4.69) is 37.2 Å². The smallest absolute Gasteiger partial charge is 0.231 e. The first kappa shape index (κ1) is 9.80. The first-order valence-corrected chi connectivity index (χ1v) is 5.40. The Morgan fingerprint density at radius 3 is 2.57 bits per heavy atom. The second kappa shape index (κ2) is 3.14. The third-order valence-electron chi connectivity index (χ3n) is 3.91. The van der Waals surface area contributed by atoms with Crippen LogP contribution in [0.5, 0.6) is 0 Å². The van der Waals surface area contributed by atoms with Crippen LogP contribution in [0.3, 0.4) is 0 Å². The molecule has 0 aromatic rings. The molecule has 2 unspecified atom stereocenters. The van der Waals surface area contributed by atoms with Gasteiger partial charge in [-0.2, -0.15) is 0 Å². The summed E-state index contributed by atoms with van der Waals surface area (Å²) in [6.45, 7) is 9.67. The Kier molecular flexibility index (Phi) is 2.20. The Balaban J connectivity index is 2.36. The molecule has 78 valence electrons. The lowest BCUT2D eigenvalue weighted by Gasteiger charge is -2.43. The fraction of sp³-hybridized carbons (Fsp3) is 0.800. The van der Waals surface area contributed by atoms with Crippen molar-refractivity contribution in [2.45, 2.75) is 13.8 Å². The van der Waals surface area contributed by atoms with E-state index in [9.17, 15) is 0 Å². The molecule has 2 rings (SSSR count). The van der Waals surface area contributed by atoms with Crippen molar-refractivity contribution in [3.63, 3.8) is 0 Å². The molecule has 4 nitrogen and oxygen atoms in total. The van der Waals surface area contributed by atoms with Crippen LogP contribution >= 0.6 is 0 Å². The van der Waals surface area contributed by atoms with Crippen molar-refractivity contribution >= 4 is 12.2 Å². The quantitative estimate of drug-likeness (QED) is 0.580. The normalized spacial score (nSPS) is 41.8. The van der Waals surface area contributed by atoms with Crippen LogP contribution in [0.1, 0.15) is 13.8 Å². The van der Waals surface area contributed by atoms with E-state index >= 15 is 0 Å². The summed E-state index contributed by atoms with van der Waals surface area (Å²) in [6, 6.07) is 0. The van der Waals surface area contributed by atoms with Gasteiger partial charge >= 0.3 is 0 Å². The average molecular weight is 196 g/mol. The van der Waals surface area contributed by atoms with Crippen LogP contribution in [0.4, 0.5) is 0 Å². The van der Waals surface area contributed by atoms with Crippen LogP contribution in [0.15, 0.2) is 9.98 Å². The number of aliphatic imine (C=N–C) groups is 2. The Morgan fingerprint density at radius 1 is 1.36 bits per heavy atom. The summed E-state index contributed by atoms with van der Waals surface area (Å²) in [5.74, 6) is 1.25. The summed E-state index contributed by atoms with van der Waals surface area (Å²) < 4.78 is 1.88. The highest BCUT2D eigenvalue weighted by molar-refractivity contribution is 5.73. The molecule has 2 aliphatic heterocycles. The maximum absolute atomic E-state index is 4.54. The number of rotatable bonds is 2. The van der Waals surface area contributed by atoms with Crippen molar-refractivity contribution in [1.29, 1.82) is 0 Å². The number of likely N-dealkylation sites (N-methyl/N-ethyl adjacent to an activating group) is 2. The van der Waals surface area contributed by atoms with Crippen molar-refractivity contribution in [3.8, 4) is 0 Å². The number of hydrogen-bond donors (Lipinski definition) is 0. The van der Waals surface area contributed by atoms with E-state index < -0.39 is 0 Å². The first-order chi connectivity index (χ1) is 6.65. The molecule has 0 radical (unpaired) electrons. The Bertz CT molecular complexity index is 294. The molecular formula is C10H20N4+2. The molecule has 2 heterocycles. The molecule has 0 aromatic carbocycles. The molecule has 14 heavy (non-hydrogen) atoms. The minimum absolute atomic E-state index is 0.931. The van der Waals surface area contributed by atoms with E-state index in [1.807, 2.05) is 0 Å². The molecule has 2 aliphatic rings. The zero-order chi connectivity index (χ0) is 10.2. The standard InChI is InChI=1S/C10H20N4/c1-4-14(8-5-11-9-14)13(3)7-6-12-10(13)2/h9H,4-8H2,1-3H3/q+2. The van der Waals surface area contributed by atoms with Gasteiger partial charge in [0.05, 0.1) is 13.1 Å². The summed E-state index contributed by atoms with van der Waals surface area (Å²) in [5, 5.41) is 0. The van der Waals surface area contributed by atoms with E-state index in [0.717, 1.165) is 41.9 Å². The van der Waals surface area contributed by atoms with Crippen LogP contribution in [-0.4, -0.2) is 61.1 Å². The number of amidine groups is 1. The van der Waals surface area contributed by atoms with Crippen molar-refractivity contribution in [1.82, 2.24) is 0 Å². The van der Waals surface area contributed by atoms with Gasteiger partial charge in [0, 0.05) is 6.92 Å². The summed E-state index contributed by atoms with van der Waals surface area (Å²) in [4.78, 5) is 8.95. The average Bonchev–Trinajstić information content (AvgIpc) is 2.76. The van der Waals surface area contributed by atoms with Gasteiger partial charge in [-0.3, -0.25) is 0 Å². The van der Waals surface area contributed by atoms with Crippen molar-refractivity contribution in [2.24, 2.45) is 9.98 Å². The predicted molar refractivity (Wildman–Crippen MR) is 58.1 cm³/mol. The van der Waals surface area contributed by atoms with E-state index in [4.69, 9.17) is 0 Å². The predicted octanol–water partition coefficient (Wildman–Crippen LogP) is 0.659. The maximum atomic E-state index is 4.54. The third-order valence-corrected chi connectivity index (χ3v) is 3.91. The van der Waals surface area contributed by atoms with Crippen LogP contribution in [0, 0.1) is 0 Å². The Hall–Kier alpha value is -0.740. The second-order valence-corrected chi connectivity index (χ2v) is 4.34. The monoisotopic (exact) mass is 196 g/mol. The first-order valence-electron chi connectivity index (χ1n) is 5.40. The van der Waals surface area contributed by atoms with Crippen molar-refractivity contribution < 1.29 is 9.18 Å². The lowest BCUT2D eigenvalue weighted by Crippen LogP contribution is -2.70. The van der Waals surface area contributed by atoms with E-state index in [1.165, 1.54) is 5.84 Å². The van der Waals surface area contributed by atoms with Crippen LogP contribution in [-0.2, 0) is 0 Å². The molecule has 0 aliphatic carbocycles. The molecule has 0 saturated carbocycles. The number of nitrogens with zero attached hydrogens (tertiary/aromatic N) is 4. The highest BCUT2D eigenvalue weighted by Gasteiger charge is 2.51. The van der Waals surface area contributed by atoms with E-state index in [-0.39, 0.29) is 0 Å². The van der Waals surface area contributed by atoms with E-state index in [0.29, 0.717) is 0 Å². The topological polar surface area (TPSA) is 24.7 Å². The van der Waals surface area contributed by atoms with Gasteiger partial charge in [0.15, 0.2) is 0 Å². The molecule has 0 fully saturated rings. The van der Waals surface area contributed by atoms with Crippen LogP contribution < -0.4 is 0 Å². The zero-order valence-electron chi connectivity index (χ0n) is 9.40. The van der Waals surface area contributed by atoms with Crippen molar-refractivity contribution in [2.75, 3.05) is 39.8 Å². The molecule has 0 N–H and O–H groups in total. The summed E-state index contributed by atoms with van der Waals surface area (Å²) in [7, 11) is 2.28. The minimum Gasteiger partial charge on any atom is -0.231 e. The highest BCUT2D eigenvalue weighted by Crippen LogP contribution is 2.25. The lowest BCUT2D eigenvalue weighted by atomic mass is 10.4. The fourth-order valence-electron chi connectivity index (χ4n) is 2.59. The largest absolute Gasteiger partial charge is 0.243 e. The summed E-state index contributed by atoms with van der Waals surface area (Å²) in [5.41, 5.74) is 0. The van der Waals surface area contributed by atoms with Gasteiger partial charge in [-0.15, -0.1) is 9.18 Å². The molecule has 4 heteroatoms. The van der Waals surface area contributed by atoms with Gasteiger partial charge in [-0.25, -0.2) is 9.98 Å². The van der Waals surface area contributed by atoms with Crippen LogP contribution in [0.2, 0.25) is 0 Å². The Morgan fingerprint density at radius 2 is 2.14 bits per heavy atom. The highest BCUT2D eigenvalue weighted by atomic mass is 15.9. The number of hydrogen-bond acceptors (Lipinski definition) is 2. The van der Waals surface area contributed by atoms with Crippen LogP contribution in [0.25, 0.3) is 0 Å². The van der Waals surface area contributed by atoms with Gasteiger partial charge in [0.2, 0.25) is 12.2 Å². The Labute approximate surface area is 85.7 Å². The fourth-order valence-corrected chi connectivity index (χ4v) is 2.59. The molecule has 2 atom stereocenters. The summed E-state index contributed by atoms with van der Waals surface area (Å²) >= 11 is 0. The molecule has 0 bridgehead atoms. The minimum atomic E-state index is 0.931. The molecule has 0 spiro atoms. The SMILES string of the molecule is CC[N+]1([N+]2(C)CCN=C2C)C=NCC1. The van der Waals surface area contributed by atoms with Crippen molar-refractivity contribution in [3.05, 3.63) is 0 Å². The van der Waals surface area contributed by atoms with E-state index in [1.54, 1.807) is 0 Å². The van der Waals surface area contributed by atoms with Gasteiger partial charge in [0.1, 0.15) is 26.7 Å². The van der Waals surface area contributed by atoms with Gasteiger partial charge in [-0.1, -0.05) is 0 Å². The van der Waals surface area contributed by atoms with Gasteiger partial charge in [0.25, 0.3) is 0 Å². The third kappa shape index (κ3) is 1.07. The van der Waals surface area contributed by atoms with Gasteiger partial charge in [-0.05, 0) is 6.92 Å². The molecular weight excluding hydrogens is 176 g/mol. The molecule has 0 aromatic heterocycles. The lowest BCUT2D eigenvalue weighted by molar-refractivity contribution is -1.40.